The molecular formula is C30H62O6P2. The molecule has 228 valence electrons. The number of rotatable bonds is 20. The van der Waals surface area contributed by atoms with Crippen LogP contribution in [-0.2, 0) is 18.2 Å². The lowest BCUT2D eigenvalue weighted by Crippen LogP contribution is -2.53. The Morgan fingerprint density at radius 1 is 0.763 bits per heavy atom. The molecule has 1 heterocycles. The standard InChI is InChI=1S/C30H62O6P2/c1-10-16-19-25(13-4)22-30(23-26(14-5)20-17-11-2)28(7,8)38(34,36-29(30,9)37(31,32)33)35-24-27(15-6)21-18-12-3/h25-27H,10-24H2,1-9H3,(H2,31,32,33). The zero-order chi connectivity index (χ0) is 29.3. The fourth-order valence-corrected chi connectivity index (χ4v) is 11.1. The van der Waals surface area contributed by atoms with E-state index in [1.165, 1.54) is 0 Å². The molecule has 0 spiro atoms. The summed E-state index contributed by atoms with van der Waals surface area (Å²) >= 11 is 0. The van der Waals surface area contributed by atoms with Crippen LogP contribution in [-0.4, -0.2) is 26.9 Å². The van der Waals surface area contributed by atoms with Crippen LogP contribution in [0.4, 0.5) is 0 Å². The van der Waals surface area contributed by atoms with Gasteiger partial charge in [-0.15, -0.1) is 0 Å². The van der Waals surface area contributed by atoms with Crippen molar-refractivity contribution in [3.63, 3.8) is 0 Å². The second kappa shape index (κ2) is 15.5. The van der Waals surface area contributed by atoms with Crippen molar-refractivity contribution in [2.75, 3.05) is 6.61 Å². The van der Waals surface area contributed by atoms with Crippen LogP contribution in [0.1, 0.15) is 152 Å². The first kappa shape index (κ1) is 36.3. The number of unbranched alkanes of at least 4 members (excludes halogenated alkanes) is 3. The monoisotopic (exact) mass is 580 g/mol. The summed E-state index contributed by atoms with van der Waals surface area (Å²) in [7, 11) is -8.73. The van der Waals surface area contributed by atoms with Gasteiger partial charge in [0.2, 0.25) is 0 Å². The molecule has 0 aromatic heterocycles. The minimum Gasteiger partial charge on any atom is -0.322 e. The predicted octanol–water partition coefficient (Wildman–Crippen LogP) is 10.3. The lowest BCUT2D eigenvalue weighted by atomic mass is 9.61. The van der Waals surface area contributed by atoms with Crippen molar-refractivity contribution < 1.29 is 28.0 Å². The Kier molecular flexibility index (Phi) is 14.8. The van der Waals surface area contributed by atoms with E-state index in [0.29, 0.717) is 19.4 Å². The summed E-state index contributed by atoms with van der Waals surface area (Å²) in [6.45, 7) is 18.6. The molecule has 1 rings (SSSR count). The zero-order valence-electron chi connectivity index (χ0n) is 26.3. The molecule has 0 aromatic carbocycles. The smallest absolute Gasteiger partial charge is 0.322 e. The molecule has 0 aliphatic carbocycles. The van der Waals surface area contributed by atoms with E-state index < -0.39 is 31.1 Å². The molecule has 0 aromatic rings. The minimum atomic E-state index is -4.84. The van der Waals surface area contributed by atoms with Gasteiger partial charge in [0, 0.05) is 5.41 Å². The largest absolute Gasteiger partial charge is 0.357 e. The highest BCUT2D eigenvalue weighted by atomic mass is 31.2. The summed E-state index contributed by atoms with van der Waals surface area (Å²) in [5.74, 6) is 0.788. The molecule has 0 amide bonds. The summed E-state index contributed by atoms with van der Waals surface area (Å²) in [6.07, 6.45) is 13.3. The van der Waals surface area contributed by atoms with Crippen molar-refractivity contribution in [1.29, 1.82) is 0 Å². The van der Waals surface area contributed by atoms with Gasteiger partial charge in [-0.05, 0) is 57.8 Å². The molecule has 5 atom stereocenters. The van der Waals surface area contributed by atoms with Crippen molar-refractivity contribution >= 4 is 15.2 Å². The van der Waals surface area contributed by atoms with E-state index in [1.807, 2.05) is 13.8 Å². The fourth-order valence-electron chi connectivity index (χ4n) is 6.72. The Balaban J connectivity index is 3.73. The van der Waals surface area contributed by atoms with Gasteiger partial charge >= 0.3 is 15.2 Å². The second-order valence-corrected chi connectivity index (χ2v) is 17.2. The molecule has 2 N–H and O–H groups in total. The molecule has 6 nitrogen and oxygen atoms in total. The Bertz CT molecular complexity index is 761. The predicted molar refractivity (Wildman–Crippen MR) is 161 cm³/mol. The Morgan fingerprint density at radius 3 is 1.50 bits per heavy atom. The normalized spacial score (nSPS) is 29.9. The van der Waals surface area contributed by atoms with Gasteiger partial charge in [0.25, 0.3) is 0 Å². The minimum absolute atomic E-state index is 0.248. The van der Waals surface area contributed by atoms with Crippen LogP contribution in [0.25, 0.3) is 0 Å². The molecule has 1 fully saturated rings. The van der Waals surface area contributed by atoms with Gasteiger partial charge in [-0.2, -0.15) is 0 Å². The van der Waals surface area contributed by atoms with Gasteiger partial charge in [-0.25, -0.2) is 0 Å². The van der Waals surface area contributed by atoms with Crippen LogP contribution in [0, 0.1) is 23.2 Å². The van der Waals surface area contributed by atoms with Crippen molar-refractivity contribution in [1.82, 2.24) is 0 Å². The van der Waals surface area contributed by atoms with Gasteiger partial charge in [-0.1, -0.05) is 112 Å². The molecule has 5 unspecified atom stereocenters. The average Bonchev–Trinajstić information content (AvgIpc) is 2.99. The maximum Gasteiger partial charge on any atom is 0.357 e. The van der Waals surface area contributed by atoms with Crippen LogP contribution in [0.15, 0.2) is 0 Å². The summed E-state index contributed by atoms with van der Waals surface area (Å²) in [6, 6.07) is 0. The van der Waals surface area contributed by atoms with Gasteiger partial charge in [0.1, 0.15) is 0 Å². The van der Waals surface area contributed by atoms with Gasteiger partial charge in [0.15, 0.2) is 5.34 Å². The first-order valence-electron chi connectivity index (χ1n) is 15.7. The van der Waals surface area contributed by atoms with Crippen molar-refractivity contribution in [3.05, 3.63) is 0 Å². The molecular weight excluding hydrogens is 518 g/mol. The Hall–Kier alpha value is 0.300. The Morgan fingerprint density at radius 2 is 1.16 bits per heavy atom. The highest BCUT2D eigenvalue weighted by Gasteiger charge is 2.78. The Labute approximate surface area is 235 Å². The highest BCUT2D eigenvalue weighted by molar-refractivity contribution is 7.59. The van der Waals surface area contributed by atoms with Crippen LogP contribution < -0.4 is 0 Å². The summed E-state index contributed by atoms with van der Waals surface area (Å²) in [5, 5.41) is -2.92. The molecule has 38 heavy (non-hydrogen) atoms. The van der Waals surface area contributed by atoms with Gasteiger partial charge in [0.05, 0.1) is 11.8 Å². The number of hydrogen-bond donors (Lipinski definition) is 2. The van der Waals surface area contributed by atoms with E-state index in [-0.39, 0.29) is 17.8 Å². The molecule has 0 radical (unpaired) electrons. The van der Waals surface area contributed by atoms with Crippen LogP contribution in [0.2, 0.25) is 0 Å². The average molecular weight is 581 g/mol. The molecule has 1 aliphatic rings. The SMILES string of the molecule is CCCCC(CC)COP1(=O)OC(C)(P(=O)(O)O)C(CC(CC)CCCC)(CC(CC)CCCC)C1(C)C. The third-order valence-corrected chi connectivity index (χ3v) is 14.6. The molecule has 0 bridgehead atoms. The molecule has 0 saturated carbocycles. The lowest BCUT2D eigenvalue weighted by molar-refractivity contribution is -0.0191. The maximum atomic E-state index is 14.8. The van der Waals surface area contributed by atoms with Crippen LogP contribution >= 0.6 is 15.2 Å². The van der Waals surface area contributed by atoms with Gasteiger partial charge in [-0.3, -0.25) is 13.7 Å². The summed E-state index contributed by atoms with van der Waals surface area (Å²) < 4.78 is 40.8. The van der Waals surface area contributed by atoms with E-state index >= 15 is 0 Å². The van der Waals surface area contributed by atoms with E-state index in [0.717, 1.165) is 77.0 Å². The van der Waals surface area contributed by atoms with E-state index in [2.05, 4.69) is 41.5 Å². The highest BCUT2D eigenvalue weighted by Crippen LogP contribution is 2.85. The summed E-state index contributed by atoms with van der Waals surface area (Å²) in [5.41, 5.74) is -0.984. The third-order valence-electron chi connectivity index (χ3n) is 9.98. The van der Waals surface area contributed by atoms with E-state index in [4.69, 9.17) is 9.05 Å². The van der Waals surface area contributed by atoms with Crippen molar-refractivity contribution in [2.24, 2.45) is 23.2 Å². The van der Waals surface area contributed by atoms with Crippen molar-refractivity contribution in [3.8, 4) is 0 Å². The van der Waals surface area contributed by atoms with Crippen molar-refractivity contribution in [2.45, 2.75) is 163 Å². The summed E-state index contributed by atoms with van der Waals surface area (Å²) in [4.78, 5) is 21.9. The maximum absolute atomic E-state index is 14.8. The molecule has 8 heteroatoms. The second-order valence-electron chi connectivity index (χ2n) is 12.7. The zero-order valence-corrected chi connectivity index (χ0v) is 28.0. The number of hydrogen-bond acceptors (Lipinski definition) is 4. The van der Waals surface area contributed by atoms with Crippen LogP contribution in [0.5, 0.6) is 0 Å². The topological polar surface area (TPSA) is 93.1 Å². The quantitative estimate of drug-likeness (QED) is 0.139. The van der Waals surface area contributed by atoms with E-state index in [9.17, 15) is 18.9 Å². The van der Waals surface area contributed by atoms with Gasteiger partial charge < -0.3 is 14.3 Å². The first-order chi connectivity index (χ1) is 17.7. The molecule has 1 saturated heterocycles. The third kappa shape index (κ3) is 7.77. The molecule has 1 aliphatic heterocycles. The lowest BCUT2D eigenvalue weighted by Gasteiger charge is -2.50. The van der Waals surface area contributed by atoms with E-state index in [1.54, 1.807) is 6.92 Å². The van der Waals surface area contributed by atoms with Crippen LogP contribution in [0.3, 0.4) is 0 Å². The first-order valence-corrected chi connectivity index (χ1v) is 18.8. The fraction of sp³-hybridized carbons (Fsp3) is 1.00.